The van der Waals surface area contributed by atoms with E-state index in [0.717, 1.165) is 35.5 Å². The van der Waals surface area contributed by atoms with Crippen LogP contribution in [0.4, 0.5) is 5.69 Å². The number of benzene rings is 1. The lowest BCUT2D eigenvalue weighted by atomic mass is 9.88. The number of rotatable bonds is 2. The fourth-order valence-electron chi connectivity index (χ4n) is 2.40. The van der Waals surface area contributed by atoms with Crippen LogP contribution in [0.3, 0.4) is 0 Å². The Labute approximate surface area is 109 Å². The van der Waals surface area contributed by atoms with Gasteiger partial charge in [-0.3, -0.25) is 0 Å². The predicted octanol–water partition coefficient (Wildman–Crippen LogP) is 3.28. The number of nitrogens with zero attached hydrogens (tertiary/aromatic N) is 1. The summed E-state index contributed by atoms with van der Waals surface area (Å²) in [6.07, 6.45) is 1.26. The molecule has 1 aromatic rings. The van der Waals surface area contributed by atoms with E-state index in [2.05, 4.69) is 24.8 Å². The monoisotopic (exact) mass is 252 g/mol. The molecule has 0 aromatic heterocycles. The Morgan fingerprint density at radius 1 is 1.35 bits per heavy atom. The van der Waals surface area contributed by atoms with Crippen molar-refractivity contribution in [3.05, 3.63) is 28.8 Å². The highest BCUT2D eigenvalue weighted by Crippen LogP contribution is 2.29. The maximum atomic E-state index is 6.21. The quantitative estimate of drug-likeness (QED) is 0.875. The zero-order valence-electron chi connectivity index (χ0n) is 10.6. The molecule has 17 heavy (non-hydrogen) atoms. The second kappa shape index (κ2) is 5.28. The minimum absolute atomic E-state index is 0.506. The minimum Gasteiger partial charge on any atom is -0.371 e. The SMILES string of the molecule is CC1CCN(c2ccc(CN)c(Cl)c2)CC1C. The van der Waals surface area contributed by atoms with Gasteiger partial charge in [-0.05, 0) is 36.0 Å². The van der Waals surface area contributed by atoms with Crippen LogP contribution in [0.25, 0.3) is 0 Å². The van der Waals surface area contributed by atoms with Crippen molar-refractivity contribution in [1.82, 2.24) is 0 Å². The van der Waals surface area contributed by atoms with Crippen molar-refractivity contribution in [3.8, 4) is 0 Å². The first kappa shape index (κ1) is 12.7. The second-order valence-electron chi connectivity index (χ2n) is 5.17. The Bertz CT molecular complexity index is 392. The minimum atomic E-state index is 0.506. The van der Waals surface area contributed by atoms with Crippen LogP contribution < -0.4 is 10.6 Å². The maximum Gasteiger partial charge on any atom is 0.0471 e. The van der Waals surface area contributed by atoms with Gasteiger partial charge in [0.1, 0.15) is 0 Å². The molecular weight excluding hydrogens is 232 g/mol. The molecule has 1 aromatic carbocycles. The molecule has 2 unspecified atom stereocenters. The van der Waals surface area contributed by atoms with Crippen LogP contribution in [0.5, 0.6) is 0 Å². The largest absolute Gasteiger partial charge is 0.371 e. The van der Waals surface area contributed by atoms with Gasteiger partial charge in [0.2, 0.25) is 0 Å². The number of hydrogen-bond acceptors (Lipinski definition) is 2. The summed E-state index contributed by atoms with van der Waals surface area (Å²) >= 11 is 6.21. The molecule has 2 N–H and O–H groups in total. The molecule has 1 saturated heterocycles. The topological polar surface area (TPSA) is 29.3 Å². The number of piperidine rings is 1. The van der Waals surface area contributed by atoms with Crippen LogP contribution in [0.1, 0.15) is 25.8 Å². The molecule has 1 aliphatic rings. The Morgan fingerprint density at radius 2 is 2.12 bits per heavy atom. The van der Waals surface area contributed by atoms with E-state index >= 15 is 0 Å². The maximum absolute atomic E-state index is 6.21. The first-order valence-electron chi connectivity index (χ1n) is 6.35. The van der Waals surface area contributed by atoms with E-state index in [1.807, 2.05) is 12.1 Å². The van der Waals surface area contributed by atoms with Gasteiger partial charge in [0, 0.05) is 30.3 Å². The fourth-order valence-corrected chi connectivity index (χ4v) is 2.65. The summed E-state index contributed by atoms with van der Waals surface area (Å²) in [6.45, 7) is 7.43. The molecule has 94 valence electrons. The van der Waals surface area contributed by atoms with Crippen LogP contribution in [-0.2, 0) is 6.54 Å². The number of halogens is 1. The van der Waals surface area contributed by atoms with Gasteiger partial charge in [-0.2, -0.15) is 0 Å². The van der Waals surface area contributed by atoms with E-state index in [1.54, 1.807) is 0 Å². The van der Waals surface area contributed by atoms with Crippen LogP contribution in [0, 0.1) is 11.8 Å². The van der Waals surface area contributed by atoms with Gasteiger partial charge in [0.25, 0.3) is 0 Å². The van der Waals surface area contributed by atoms with Crippen LogP contribution in [0.2, 0.25) is 5.02 Å². The fraction of sp³-hybridized carbons (Fsp3) is 0.571. The molecule has 3 heteroatoms. The third-order valence-electron chi connectivity index (χ3n) is 3.96. The van der Waals surface area contributed by atoms with Gasteiger partial charge in [-0.1, -0.05) is 31.5 Å². The van der Waals surface area contributed by atoms with Crippen molar-refractivity contribution >= 4 is 17.3 Å². The Morgan fingerprint density at radius 3 is 2.71 bits per heavy atom. The molecule has 0 radical (unpaired) electrons. The molecule has 0 aliphatic carbocycles. The highest BCUT2D eigenvalue weighted by Gasteiger charge is 2.22. The average Bonchev–Trinajstić information content (AvgIpc) is 2.32. The van der Waals surface area contributed by atoms with Crippen LogP contribution >= 0.6 is 11.6 Å². The van der Waals surface area contributed by atoms with Crippen molar-refractivity contribution in [3.63, 3.8) is 0 Å². The van der Waals surface area contributed by atoms with Gasteiger partial charge in [-0.25, -0.2) is 0 Å². The second-order valence-corrected chi connectivity index (χ2v) is 5.58. The van der Waals surface area contributed by atoms with Crippen molar-refractivity contribution in [2.45, 2.75) is 26.8 Å². The smallest absolute Gasteiger partial charge is 0.0471 e. The molecule has 1 fully saturated rings. The Hall–Kier alpha value is -0.730. The highest BCUT2D eigenvalue weighted by molar-refractivity contribution is 6.31. The number of hydrogen-bond donors (Lipinski definition) is 1. The van der Waals surface area contributed by atoms with E-state index in [9.17, 15) is 0 Å². The van der Waals surface area contributed by atoms with Crippen molar-refractivity contribution in [2.75, 3.05) is 18.0 Å². The number of nitrogens with two attached hydrogens (primary N) is 1. The van der Waals surface area contributed by atoms with Gasteiger partial charge in [0.05, 0.1) is 0 Å². The summed E-state index contributed by atoms with van der Waals surface area (Å²) in [7, 11) is 0. The molecule has 1 aliphatic heterocycles. The summed E-state index contributed by atoms with van der Waals surface area (Å²) in [5.74, 6) is 1.57. The third kappa shape index (κ3) is 2.75. The van der Waals surface area contributed by atoms with E-state index in [-0.39, 0.29) is 0 Å². The lowest BCUT2D eigenvalue weighted by Crippen LogP contribution is -2.38. The Kier molecular flexibility index (Phi) is 3.95. The third-order valence-corrected chi connectivity index (χ3v) is 4.31. The van der Waals surface area contributed by atoms with Gasteiger partial charge < -0.3 is 10.6 Å². The normalized spacial score (nSPS) is 25.1. The Balaban J connectivity index is 2.15. The molecule has 0 saturated carbocycles. The molecule has 0 amide bonds. The number of anilines is 1. The standard InChI is InChI=1S/C14H21ClN2/c1-10-5-6-17(9-11(10)2)13-4-3-12(8-16)14(15)7-13/h3-4,7,10-11H,5-6,8-9,16H2,1-2H3. The van der Waals surface area contributed by atoms with E-state index in [1.165, 1.54) is 12.1 Å². The zero-order chi connectivity index (χ0) is 12.4. The summed E-state index contributed by atoms with van der Waals surface area (Å²) < 4.78 is 0. The molecule has 2 atom stereocenters. The summed E-state index contributed by atoms with van der Waals surface area (Å²) in [6, 6.07) is 6.23. The first-order chi connectivity index (χ1) is 8.11. The van der Waals surface area contributed by atoms with E-state index in [0.29, 0.717) is 6.54 Å². The molecule has 0 bridgehead atoms. The molecule has 2 nitrogen and oxygen atoms in total. The van der Waals surface area contributed by atoms with Crippen LogP contribution in [-0.4, -0.2) is 13.1 Å². The van der Waals surface area contributed by atoms with Crippen molar-refractivity contribution in [1.29, 1.82) is 0 Å². The van der Waals surface area contributed by atoms with Gasteiger partial charge >= 0.3 is 0 Å². The zero-order valence-corrected chi connectivity index (χ0v) is 11.4. The van der Waals surface area contributed by atoms with Gasteiger partial charge in [-0.15, -0.1) is 0 Å². The van der Waals surface area contributed by atoms with Crippen molar-refractivity contribution < 1.29 is 0 Å². The highest BCUT2D eigenvalue weighted by atomic mass is 35.5. The summed E-state index contributed by atoms with van der Waals surface area (Å²) in [4.78, 5) is 2.43. The molecule has 0 spiro atoms. The van der Waals surface area contributed by atoms with Crippen LogP contribution in [0.15, 0.2) is 18.2 Å². The molecule has 2 rings (SSSR count). The van der Waals surface area contributed by atoms with E-state index < -0.39 is 0 Å². The lowest BCUT2D eigenvalue weighted by molar-refractivity contribution is 0.324. The predicted molar refractivity (Wildman–Crippen MR) is 74.5 cm³/mol. The summed E-state index contributed by atoms with van der Waals surface area (Å²) in [5.41, 5.74) is 7.87. The summed E-state index contributed by atoms with van der Waals surface area (Å²) in [5, 5.41) is 0.788. The molecule has 1 heterocycles. The van der Waals surface area contributed by atoms with E-state index in [4.69, 9.17) is 17.3 Å². The van der Waals surface area contributed by atoms with Gasteiger partial charge in [0.15, 0.2) is 0 Å². The average molecular weight is 253 g/mol. The first-order valence-corrected chi connectivity index (χ1v) is 6.73. The molecular formula is C14H21ClN2. The lowest BCUT2D eigenvalue weighted by Gasteiger charge is -2.37. The van der Waals surface area contributed by atoms with Crippen molar-refractivity contribution in [2.24, 2.45) is 17.6 Å².